The molecule has 0 bridgehead atoms. The van der Waals surface area contributed by atoms with Gasteiger partial charge in [-0.15, -0.1) is 10.2 Å². The molecule has 0 radical (unpaired) electrons. The zero-order valence-corrected chi connectivity index (χ0v) is 14.2. The first-order valence-electron chi connectivity index (χ1n) is 7.41. The highest BCUT2D eigenvalue weighted by Gasteiger charge is 2.26. The SMILES string of the molecule is O=C(c1c[nH]c2ccccc12)[C@@H](Sc1nncs1)c1ccccc1. The molecule has 0 saturated heterocycles. The molecule has 2 aromatic heterocycles. The van der Waals surface area contributed by atoms with E-state index >= 15 is 0 Å². The molecule has 24 heavy (non-hydrogen) atoms. The lowest BCUT2D eigenvalue weighted by Crippen LogP contribution is -2.09. The highest BCUT2D eigenvalue weighted by Crippen LogP contribution is 2.39. The molecule has 1 atom stereocenters. The average molecular weight is 351 g/mol. The molecule has 4 rings (SSSR count). The van der Waals surface area contributed by atoms with Crippen LogP contribution in [0.4, 0.5) is 0 Å². The van der Waals surface area contributed by atoms with Gasteiger partial charge in [0.1, 0.15) is 10.8 Å². The van der Waals surface area contributed by atoms with Crippen molar-refractivity contribution < 1.29 is 4.79 Å². The second-order valence-corrected chi connectivity index (χ2v) is 7.41. The van der Waals surface area contributed by atoms with Crippen molar-refractivity contribution in [1.82, 2.24) is 15.2 Å². The molecule has 6 heteroatoms. The summed E-state index contributed by atoms with van der Waals surface area (Å²) in [5.41, 5.74) is 4.32. The number of H-pyrrole nitrogens is 1. The monoisotopic (exact) mass is 351 g/mol. The largest absolute Gasteiger partial charge is 0.360 e. The maximum Gasteiger partial charge on any atom is 0.182 e. The number of benzene rings is 2. The van der Waals surface area contributed by atoms with Crippen molar-refractivity contribution in [3.8, 4) is 0 Å². The number of carbonyl (C=O) groups excluding carboxylic acids is 1. The molecule has 0 amide bonds. The molecule has 2 heterocycles. The molecule has 0 saturated carbocycles. The summed E-state index contributed by atoms with van der Waals surface area (Å²) in [5.74, 6) is 0.0684. The summed E-state index contributed by atoms with van der Waals surface area (Å²) >= 11 is 2.89. The smallest absolute Gasteiger partial charge is 0.182 e. The third kappa shape index (κ3) is 2.86. The van der Waals surface area contributed by atoms with E-state index < -0.39 is 0 Å². The Morgan fingerprint density at radius 2 is 1.88 bits per heavy atom. The predicted octanol–water partition coefficient (Wildman–Crippen LogP) is 4.74. The van der Waals surface area contributed by atoms with Gasteiger partial charge in [-0.1, -0.05) is 71.6 Å². The molecule has 0 aliphatic rings. The summed E-state index contributed by atoms with van der Waals surface area (Å²) in [6.45, 7) is 0. The number of nitrogens with zero attached hydrogens (tertiary/aromatic N) is 2. The lowest BCUT2D eigenvalue weighted by Gasteiger charge is -2.14. The molecule has 0 aliphatic carbocycles. The number of ketones is 1. The van der Waals surface area contributed by atoms with E-state index in [0.29, 0.717) is 5.56 Å². The topological polar surface area (TPSA) is 58.6 Å². The fourth-order valence-corrected chi connectivity index (χ4v) is 4.37. The van der Waals surface area contributed by atoms with E-state index in [1.807, 2.05) is 54.6 Å². The maximum absolute atomic E-state index is 13.3. The van der Waals surface area contributed by atoms with Gasteiger partial charge in [0.15, 0.2) is 10.1 Å². The van der Waals surface area contributed by atoms with Gasteiger partial charge in [0.2, 0.25) is 0 Å². The Hall–Kier alpha value is -2.44. The van der Waals surface area contributed by atoms with Gasteiger partial charge >= 0.3 is 0 Å². The standard InChI is InChI=1S/C18H13N3OS2/c22-16(14-10-19-15-9-5-4-8-13(14)15)17(12-6-2-1-3-7-12)24-18-21-20-11-23-18/h1-11,17,19H/t17-/m0/s1. The highest BCUT2D eigenvalue weighted by molar-refractivity contribution is 8.01. The number of nitrogens with one attached hydrogen (secondary N) is 1. The van der Waals surface area contributed by atoms with Gasteiger partial charge in [-0.2, -0.15) is 0 Å². The number of thioether (sulfide) groups is 1. The van der Waals surface area contributed by atoms with Crippen molar-refractivity contribution in [3.63, 3.8) is 0 Å². The van der Waals surface area contributed by atoms with Gasteiger partial charge in [-0.25, -0.2) is 0 Å². The summed E-state index contributed by atoms with van der Waals surface area (Å²) in [5, 5.41) is 8.55. The second-order valence-electron chi connectivity index (χ2n) is 5.23. The highest BCUT2D eigenvalue weighted by atomic mass is 32.2. The third-order valence-electron chi connectivity index (χ3n) is 3.75. The van der Waals surface area contributed by atoms with E-state index in [4.69, 9.17) is 0 Å². The Morgan fingerprint density at radius 1 is 1.08 bits per heavy atom. The van der Waals surface area contributed by atoms with Crippen LogP contribution in [0.25, 0.3) is 10.9 Å². The van der Waals surface area contributed by atoms with Crippen molar-refractivity contribution in [3.05, 3.63) is 77.4 Å². The van der Waals surface area contributed by atoms with Gasteiger partial charge in [0.25, 0.3) is 0 Å². The number of hydrogen-bond acceptors (Lipinski definition) is 5. The van der Waals surface area contributed by atoms with Crippen molar-refractivity contribution in [1.29, 1.82) is 0 Å². The van der Waals surface area contributed by atoms with Crippen molar-refractivity contribution in [2.75, 3.05) is 0 Å². The second kappa shape index (κ2) is 6.59. The molecular weight excluding hydrogens is 338 g/mol. The molecule has 0 aliphatic heterocycles. The summed E-state index contributed by atoms with van der Waals surface area (Å²) in [6.07, 6.45) is 1.80. The Labute approximate surface area is 146 Å². The molecule has 2 aromatic carbocycles. The van der Waals surface area contributed by atoms with Crippen LogP contribution >= 0.6 is 23.1 Å². The fourth-order valence-electron chi connectivity index (χ4n) is 2.63. The van der Waals surface area contributed by atoms with E-state index in [1.165, 1.54) is 23.1 Å². The Morgan fingerprint density at radius 3 is 2.67 bits per heavy atom. The summed E-state index contributed by atoms with van der Waals surface area (Å²) < 4.78 is 0.789. The lowest BCUT2D eigenvalue weighted by molar-refractivity contribution is 0.0991. The van der Waals surface area contributed by atoms with E-state index in [9.17, 15) is 4.79 Å². The normalized spacial score (nSPS) is 12.3. The van der Waals surface area contributed by atoms with Crippen molar-refractivity contribution in [2.24, 2.45) is 0 Å². The fraction of sp³-hybridized carbons (Fsp3) is 0.0556. The molecule has 0 spiro atoms. The number of rotatable bonds is 5. The number of fused-ring (bicyclic) bond motifs is 1. The van der Waals surface area contributed by atoms with Crippen LogP contribution in [0.15, 0.2) is 70.6 Å². The number of aromatic amines is 1. The van der Waals surface area contributed by atoms with Gasteiger partial charge in [0.05, 0.1) is 0 Å². The zero-order valence-electron chi connectivity index (χ0n) is 12.5. The molecule has 1 N–H and O–H groups in total. The third-order valence-corrected chi connectivity index (χ3v) is 5.82. The Bertz CT molecular complexity index is 964. The number of aromatic nitrogens is 3. The van der Waals surface area contributed by atoms with Crippen LogP contribution in [0.1, 0.15) is 21.2 Å². The summed E-state index contributed by atoms with van der Waals surface area (Å²) in [4.78, 5) is 16.4. The number of carbonyl (C=O) groups is 1. The first kappa shape index (κ1) is 15.1. The quantitative estimate of drug-likeness (QED) is 0.417. The zero-order chi connectivity index (χ0) is 16.4. The summed E-state index contributed by atoms with van der Waals surface area (Å²) in [6, 6.07) is 17.7. The minimum atomic E-state index is -0.349. The minimum Gasteiger partial charge on any atom is -0.360 e. The van der Waals surface area contributed by atoms with E-state index in [0.717, 1.165) is 20.8 Å². The van der Waals surface area contributed by atoms with E-state index in [-0.39, 0.29) is 11.0 Å². The van der Waals surface area contributed by atoms with Gasteiger partial charge in [-0.3, -0.25) is 4.79 Å². The summed E-state index contributed by atoms with van der Waals surface area (Å²) in [7, 11) is 0. The molecular formula is C18H13N3OS2. The predicted molar refractivity (Wildman–Crippen MR) is 97.6 cm³/mol. The minimum absolute atomic E-state index is 0.0684. The van der Waals surface area contributed by atoms with Crippen molar-refractivity contribution in [2.45, 2.75) is 9.59 Å². The van der Waals surface area contributed by atoms with Crippen LogP contribution in [0, 0.1) is 0 Å². The van der Waals surface area contributed by atoms with Gasteiger partial charge < -0.3 is 4.98 Å². The molecule has 0 fully saturated rings. The molecule has 118 valence electrons. The first-order chi connectivity index (χ1) is 11.8. The van der Waals surface area contributed by atoms with Crippen LogP contribution in [0.2, 0.25) is 0 Å². The van der Waals surface area contributed by atoms with E-state index in [2.05, 4.69) is 15.2 Å². The number of hydrogen-bond donors (Lipinski definition) is 1. The van der Waals surface area contributed by atoms with Crippen molar-refractivity contribution >= 4 is 39.8 Å². The molecule has 0 unspecified atom stereocenters. The average Bonchev–Trinajstić information content (AvgIpc) is 3.29. The molecule has 4 aromatic rings. The Balaban J connectivity index is 1.76. The van der Waals surface area contributed by atoms with E-state index in [1.54, 1.807) is 11.7 Å². The van der Waals surface area contributed by atoms with Crippen LogP contribution in [0.5, 0.6) is 0 Å². The van der Waals surface area contributed by atoms with Gasteiger partial charge in [0, 0.05) is 22.7 Å². The lowest BCUT2D eigenvalue weighted by atomic mass is 10.0. The van der Waals surface area contributed by atoms with Crippen LogP contribution in [-0.4, -0.2) is 21.0 Å². The number of Topliss-reactive ketones (excluding diaryl/α,β-unsaturated/α-hetero) is 1. The van der Waals surface area contributed by atoms with Crippen LogP contribution in [0.3, 0.4) is 0 Å². The maximum atomic E-state index is 13.3. The Kier molecular flexibility index (Phi) is 4.15. The van der Waals surface area contributed by atoms with Gasteiger partial charge in [-0.05, 0) is 11.6 Å². The van der Waals surface area contributed by atoms with Crippen LogP contribution < -0.4 is 0 Å². The molecule has 4 nitrogen and oxygen atoms in total. The van der Waals surface area contributed by atoms with Crippen LogP contribution in [-0.2, 0) is 0 Å². The number of para-hydroxylation sites is 1. The first-order valence-corrected chi connectivity index (χ1v) is 9.17.